The number of nitrogens with one attached hydrogen (secondary N) is 1. The number of nitriles is 1. The number of benzene rings is 1. The highest BCUT2D eigenvalue weighted by molar-refractivity contribution is 6.35. The van der Waals surface area contributed by atoms with Gasteiger partial charge in [0.2, 0.25) is 0 Å². The standard InChI is InChI=1S/C24H18ClN9O/c1-13-4-7-21(31-30-13)28-16-5-6-19-20(9-16)33(12-27-19)22-10-18(15(3)35)23(25)24(29-22)34-14(2)8-17(11-26)32-34/h4-10,12H,1-3H3,(H,28,31). The number of Topliss-reactive ketones (excluding diaryl/α,β-unsaturated/α-hetero) is 1. The molecule has 10 nitrogen and oxygen atoms in total. The number of hydrogen-bond donors (Lipinski definition) is 1. The van der Waals surface area contributed by atoms with E-state index in [1.807, 2.05) is 43.3 Å². The van der Waals surface area contributed by atoms with Crippen LogP contribution in [0, 0.1) is 25.2 Å². The highest BCUT2D eigenvalue weighted by atomic mass is 35.5. The summed E-state index contributed by atoms with van der Waals surface area (Å²) in [5.41, 5.74) is 4.24. The molecule has 0 saturated heterocycles. The zero-order valence-corrected chi connectivity index (χ0v) is 19.7. The van der Waals surface area contributed by atoms with Crippen molar-refractivity contribution in [2.45, 2.75) is 20.8 Å². The Bertz CT molecular complexity index is 1640. The highest BCUT2D eigenvalue weighted by Gasteiger charge is 2.20. The quantitative estimate of drug-likeness (QED) is 0.362. The molecule has 0 aliphatic carbocycles. The Balaban J connectivity index is 1.65. The first-order valence-corrected chi connectivity index (χ1v) is 11.0. The Morgan fingerprint density at radius 3 is 2.63 bits per heavy atom. The number of hydrogen-bond acceptors (Lipinski definition) is 8. The van der Waals surface area contributed by atoms with Crippen molar-refractivity contribution in [1.29, 1.82) is 5.26 Å². The van der Waals surface area contributed by atoms with Gasteiger partial charge in [0.1, 0.15) is 18.2 Å². The number of carbonyl (C=O) groups is 1. The molecule has 172 valence electrons. The van der Waals surface area contributed by atoms with Crippen LogP contribution >= 0.6 is 11.6 Å². The summed E-state index contributed by atoms with van der Waals surface area (Å²) in [6.07, 6.45) is 1.63. The van der Waals surface area contributed by atoms with Gasteiger partial charge in [0.25, 0.3) is 0 Å². The van der Waals surface area contributed by atoms with Crippen molar-refractivity contribution >= 4 is 39.9 Å². The highest BCUT2D eigenvalue weighted by Crippen LogP contribution is 2.29. The number of nitrogens with zero attached hydrogens (tertiary/aromatic N) is 8. The van der Waals surface area contributed by atoms with Gasteiger partial charge in [-0.25, -0.2) is 14.6 Å². The summed E-state index contributed by atoms with van der Waals surface area (Å²) >= 11 is 6.57. The van der Waals surface area contributed by atoms with Gasteiger partial charge >= 0.3 is 0 Å². The fourth-order valence-electron chi connectivity index (χ4n) is 3.65. The molecule has 0 amide bonds. The Kier molecular flexibility index (Phi) is 5.47. The summed E-state index contributed by atoms with van der Waals surface area (Å²) in [6, 6.07) is 14.6. The third kappa shape index (κ3) is 4.09. The van der Waals surface area contributed by atoms with E-state index in [0.29, 0.717) is 17.3 Å². The molecule has 0 aliphatic rings. The van der Waals surface area contributed by atoms with E-state index in [1.54, 1.807) is 30.0 Å². The lowest BCUT2D eigenvalue weighted by Crippen LogP contribution is -2.10. The number of aromatic nitrogens is 7. The summed E-state index contributed by atoms with van der Waals surface area (Å²) in [5, 5.41) is 25.1. The number of imidazole rings is 1. The van der Waals surface area contributed by atoms with Crippen LogP contribution in [0.5, 0.6) is 0 Å². The molecular formula is C24H18ClN9O. The van der Waals surface area contributed by atoms with Gasteiger partial charge in [-0.3, -0.25) is 9.36 Å². The second-order valence-electron chi connectivity index (χ2n) is 7.92. The molecular weight excluding hydrogens is 466 g/mol. The molecule has 0 unspecified atom stereocenters. The van der Waals surface area contributed by atoms with Gasteiger partial charge in [-0.1, -0.05) is 11.6 Å². The van der Waals surface area contributed by atoms with Gasteiger partial charge < -0.3 is 5.32 Å². The number of fused-ring (bicyclic) bond motifs is 1. The van der Waals surface area contributed by atoms with Crippen molar-refractivity contribution in [3.63, 3.8) is 0 Å². The third-order valence-electron chi connectivity index (χ3n) is 5.37. The molecule has 11 heteroatoms. The Morgan fingerprint density at radius 1 is 1.11 bits per heavy atom. The lowest BCUT2D eigenvalue weighted by molar-refractivity contribution is 0.101. The van der Waals surface area contributed by atoms with Crippen LogP contribution in [0.3, 0.4) is 0 Å². The molecule has 0 spiro atoms. The first-order valence-electron chi connectivity index (χ1n) is 10.6. The van der Waals surface area contributed by atoms with Gasteiger partial charge in [-0.05, 0) is 63.2 Å². The van der Waals surface area contributed by atoms with Crippen molar-refractivity contribution in [2.24, 2.45) is 0 Å². The molecule has 0 bridgehead atoms. The summed E-state index contributed by atoms with van der Waals surface area (Å²) in [5.74, 6) is 1.06. The second kappa shape index (κ2) is 8.62. The molecule has 1 N–H and O–H groups in total. The SMILES string of the molecule is CC(=O)c1cc(-n2cnc3ccc(Nc4ccc(C)nn4)cc32)nc(-n2nc(C#N)cc2C)c1Cl. The van der Waals surface area contributed by atoms with Crippen LogP contribution in [0.15, 0.2) is 48.8 Å². The largest absolute Gasteiger partial charge is 0.339 e. The van der Waals surface area contributed by atoms with Crippen LogP contribution in [0.1, 0.15) is 34.4 Å². The van der Waals surface area contributed by atoms with E-state index in [9.17, 15) is 10.1 Å². The van der Waals surface area contributed by atoms with Crippen molar-refractivity contribution < 1.29 is 4.79 Å². The first-order chi connectivity index (χ1) is 16.8. The molecule has 0 fully saturated rings. The molecule has 5 aromatic rings. The molecule has 0 atom stereocenters. The maximum atomic E-state index is 12.4. The zero-order chi connectivity index (χ0) is 24.7. The fourth-order valence-corrected chi connectivity index (χ4v) is 3.96. The smallest absolute Gasteiger partial charge is 0.175 e. The van der Waals surface area contributed by atoms with E-state index in [2.05, 4.69) is 25.6 Å². The number of ketones is 1. The number of aryl methyl sites for hydroxylation is 2. The Morgan fingerprint density at radius 2 is 1.94 bits per heavy atom. The minimum Gasteiger partial charge on any atom is -0.339 e. The van der Waals surface area contributed by atoms with Gasteiger partial charge in [-0.2, -0.15) is 15.5 Å². The van der Waals surface area contributed by atoms with Crippen LogP contribution in [0.25, 0.3) is 22.7 Å². The number of carbonyl (C=O) groups excluding carboxylic acids is 1. The maximum Gasteiger partial charge on any atom is 0.175 e. The van der Waals surface area contributed by atoms with Gasteiger partial charge in [0, 0.05) is 16.9 Å². The summed E-state index contributed by atoms with van der Waals surface area (Å²) in [6.45, 7) is 5.09. The molecule has 0 aliphatic heterocycles. The monoisotopic (exact) mass is 483 g/mol. The van der Waals surface area contributed by atoms with E-state index in [-0.39, 0.29) is 27.9 Å². The van der Waals surface area contributed by atoms with Crippen LogP contribution in [-0.2, 0) is 0 Å². The minimum absolute atomic E-state index is 0.154. The van der Waals surface area contributed by atoms with Crippen molar-refractivity contribution in [3.05, 3.63) is 76.5 Å². The van der Waals surface area contributed by atoms with E-state index >= 15 is 0 Å². The van der Waals surface area contributed by atoms with Gasteiger partial charge in [-0.15, -0.1) is 5.10 Å². The zero-order valence-electron chi connectivity index (χ0n) is 19.0. The maximum absolute atomic E-state index is 12.4. The predicted octanol–water partition coefficient (Wildman–Crippen LogP) is 4.48. The topological polar surface area (TPSA) is 127 Å². The average Bonchev–Trinajstić information content (AvgIpc) is 3.43. The van der Waals surface area contributed by atoms with Crippen LogP contribution in [0.4, 0.5) is 11.5 Å². The normalized spacial score (nSPS) is 10.9. The Hall–Kier alpha value is -4.62. The van der Waals surface area contributed by atoms with Crippen LogP contribution in [0.2, 0.25) is 5.02 Å². The van der Waals surface area contributed by atoms with E-state index in [0.717, 1.165) is 22.4 Å². The average molecular weight is 484 g/mol. The molecule has 5 rings (SSSR count). The first kappa shape index (κ1) is 22.2. The number of halogens is 1. The summed E-state index contributed by atoms with van der Waals surface area (Å²) < 4.78 is 3.22. The predicted molar refractivity (Wildman–Crippen MR) is 131 cm³/mol. The minimum atomic E-state index is -0.227. The Labute approximate surface area is 204 Å². The summed E-state index contributed by atoms with van der Waals surface area (Å²) in [4.78, 5) is 21.6. The molecule has 4 heterocycles. The molecule has 0 radical (unpaired) electrons. The van der Waals surface area contributed by atoms with E-state index < -0.39 is 0 Å². The van der Waals surface area contributed by atoms with Gasteiger partial charge in [0.05, 0.1) is 21.7 Å². The van der Waals surface area contributed by atoms with Crippen molar-refractivity contribution in [1.82, 2.24) is 34.5 Å². The molecule has 1 aromatic carbocycles. The van der Waals surface area contributed by atoms with Crippen molar-refractivity contribution in [3.8, 4) is 17.7 Å². The second-order valence-corrected chi connectivity index (χ2v) is 8.30. The lowest BCUT2D eigenvalue weighted by Gasteiger charge is -2.13. The lowest BCUT2D eigenvalue weighted by atomic mass is 10.2. The number of anilines is 2. The molecule has 0 saturated carbocycles. The third-order valence-corrected chi connectivity index (χ3v) is 5.75. The van der Waals surface area contributed by atoms with E-state index in [4.69, 9.17) is 16.6 Å². The number of pyridine rings is 1. The van der Waals surface area contributed by atoms with Gasteiger partial charge in [0.15, 0.2) is 23.1 Å². The fraction of sp³-hybridized carbons (Fsp3) is 0.125. The molecule has 35 heavy (non-hydrogen) atoms. The van der Waals surface area contributed by atoms with Crippen molar-refractivity contribution in [2.75, 3.05) is 5.32 Å². The molecule has 4 aromatic heterocycles. The summed E-state index contributed by atoms with van der Waals surface area (Å²) in [7, 11) is 0. The number of rotatable bonds is 5. The van der Waals surface area contributed by atoms with Crippen LogP contribution < -0.4 is 5.32 Å². The van der Waals surface area contributed by atoms with E-state index in [1.165, 1.54) is 11.6 Å². The van der Waals surface area contributed by atoms with Crippen LogP contribution in [-0.4, -0.2) is 40.3 Å².